The molecule has 0 spiro atoms. The Morgan fingerprint density at radius 3 is 2.53 bits per heavy atom. The maximum atomic E-state index is 13.4. The molecule has 0 saturated carbocycles. The number of benzene rings is 2. The summed E-state index contributed by atoms with van der Waals surface area (Å²) < 4.78 is 0. The molecule has 1 fully saturated rings. The summed E-state index contributed by atoms with van der Waals surface area (Å²) in [4.78, 5) is 28.1. The minimum absolute atomic E-state index is 0.0606. The number of hydrogen-bond donors (Lipinski definition) is 3. The van der Waals surface area contributed by atoms with Crippen molar-refractivity contribution in [1.29, 1.82) is 0 Å². The number of likely N-dealkylation sites (tertiary alicyclic amines) is 1. The van der Waals surface area contributed by atoms with Crippen LogP contribution < -0.4 is 5.32 Å². The zero-order valence-corrected chi connectivity index (χ0v) is 21.6. The third-order valence-corrected chi connectivity index (χ3v) is 7.56. The molecule has 3 atom stereocenters. The number of hydrogen-bond acceptors (Lipinski definition) is 6. The molecule has 9 nitrogen and oxygen atoms in total. The number of rotatable bonds is 6. The number of nitrogens with zero attached hydrogens (tertiary/aromatic N) is 4. The molecule has 0 radical (unpaired) electrons. The van der Waals surface area contributed by atoms with Gasteiger partial charge in [-0.25, -0.2) is 0 Å². The molecule has 1 aliphatic heterocycles. The molecule has 2 amide bonds. The van der Waals surface area contributed by atoms with Crippen molar-refractivity contribution in [3.8, 4) is 11.4 Å². The molecule has 36 heavy (non-hydrogen) atoms. The van der Waals surface area contributed by atoms with Gasteiger partial charge in [-0.15, -0.1) is 10.2 Å². The van der Waals surface area contributed by atoms with Crippen molar-refractivity contribution in [3.63, 3.8) is 0 Å². The van der Waals surface area contributed by atoms with Crippen molar-refractivity contribution in [2.75, 3.05) is 13.1 Å². The first-order valence-corrected chi connectivity index (χ1v) is 12.3. The summed E-state index contributed by atoms with van der Waals surface area (Å²) in [5.74, 6) is -0.405. The number of aliphatic hydroxyl groups is 1. The lowest BCUT2D eigenvalue weighted by Crippen LogP contribution is -2.58. The van der Waals surface area contributed by atoms with Gasteiger partial charge in [0.2, 0.25) is 11.7 Å². The Hall–Kier alpha value is -3.30. The minimum atomic E-state index is -1.08. The van der Waals surface area contributed by atoms with Crippen LogP contribution in [0.1, 0.15) is 50.0 Å². The van der Waals surface area contributed by atoms with Gasteiger partial charge in [0.25, 0.3) is 5.91 Å². The molecule has 3 N–H and O–H groups in total. The molecule has 2 aromatic carbocycles. The molecule has 190 valence electrons. The van der Waals surface area contributed by atoms with Crippen LogP contribution in [0.15, 0.2) is 48.5 Å². The van der Waals surface area contributed by atoms with Gasteiger partial charge in [0, 0.05) is 40.7 Å². The minimum Gasteiger partial charge on any atom is -0.384 e. The van der Waals surface area contributed by atoms with Crippen LogP contribution in [0.3, 0.4) is 0 Å². The molecule has 0 bridgehead atoms. The van der Waals surface area contributed by atoms with Gasteiger partial charge in [0.1, 0.15) is 0 Å². The second-order valence-corrected chi connectivity index (χ2v) is 10.6. The number of piperidine rings is 1. The predicted molar refractivity (Wildman–Crippen MR) is 136 cm³/mol. The number of aromatic amines is 1. The number of tetrazole rings is 1. The van der Waals surface area contributed by atoms with Gasteiger partial charge in [-0.05, 0) is 48.4 Å². The molecule has 1 saturated heterocycles. The highest BCUT2D eigenvalue weighted by atomic mass is 35.5. The van der Waals surface area contributed by atoms with Gasteiger partial charge in [0.15, 0.2) is 0 Å². The Morgan fingerprint density at radius 1 is 1.17 bits per heavy atom. The summed E-state index contributed by atoms with van der Waals surface area (Å²) >= 11 is 6.03. The molecule has 1 unspecified atom stereocenters. The highest BCUT2D eigenvalue weighted by Crippen LogP contribution is 2.46. The third-order valence-electron chi connectivity index (χ3n) is 7.31. The average molecular weight is 511 g/mol. The van der Waals surface area contributed by atoms with Gasteiger partial charge >= 0.3 is 0 Å². The highest BCUT2D eigenvalue weighted by molar-refractivity contribution is 6.30. The zero-order valence-electron chi connectivity index (χ0n) is 20.8. The van der Waals surface area contributed by atoms with Crippen molar-refractivity contribution in [2.45, 2.75) is 45.8 Å². The van der Waals surface area contributed by atoms with Crippen molar-refractivity contribution in [3.05, 3.63) is 64.7 Å². The normalized spacial score (nSPS) is 21.0. The van der Waals surface area contributed by atoms with E-state index >= 15 is 0 Å². The molecule has 10 heteroatoms. The van der Waals surface area contributed by atoms with Crippen LogP contribution in [-0.2, 0) is 10.4 Å². The highest BCUT2D eigenvalue weighted by Gasteiger charge is 2.50. The first-order chi connectivity index (χ1) is 17.0. The number of nitrogens with one attached hydrogen (secondary N) is 2. The smallest absolute Gasteiger partial charge is 0.251 e. The average Bonchev–Trinajstić information content (AvgIpc) is 3.40. The van der Waals surface area contributed by atoms with Crippen LogP contribution >= 0.6 is 11.6 Å². The van der Waals surface area contributed by atoms with Gasteiger partial charge < -0.3 is 15.3 Å². The van der Waals surface area contributed by atoms with Crippen LogP contribution in [0, 0.1) is 11.3 Å². The molecule has 2 heterocycles. The fraction of sp³-hybridized carbons (Fsp3) is 0.423. The summed E-state index contributed by atoms with van der Waals surface area (Å²) in [6.45, 7) is 8.38. The topological polar surface area (TPSA) is 124 Å². The maximum Gasteiger partial charge on any atom is 0.251 e. The van der Waals surface area contributed by atoms with Crippen LogP contribution in [0.2, 0.25) is 5.02 Å². The monoisotopic (exact) mass is 510 g/mol. The lowest BCUT2D eigenvalue weighted by atomic mass is 9.66. The van der Waals surface area contributed by atoms with Crippen LogP contribution in [0.4, 0.5) is 0 Å². The molecule has 4 rings (SSSR count). The number of H-pyrrole nitrogens is 1. The zero-order chi connectivity index (χ0) is 26.1. The van der Waals surface area contributed by atoms with Gasteiger partial charge in [0.05, 0.1) is 11.5 Å². The van der Waals surface area contributed by atoms with Crippen molar-refractivity contribution >= 4 is 23.4 Å². The largest absolute Gasteiger partial charge is 0.384 e. The Kier molecular flexibility index (Phi) is 7.15. The third kappa shape index (κ3) is 4.99. The van der Waals surface area contributed by atoms with E-state index in [1.165, 1.54) is 0 Å². The molecule has 1 aliphatic rings. The number of carbonyl (C=O) groups excluding carboxylic acids is 2. The first kappa shape index (κ1) is 25.8. The lowest BCUT2D eigenvalue weighted by Gasteiger charge is -2.51. The van der Waals surface area contributed by atoms with E-state index in [0.717, 1.165) is 5.56 Å². The van der Waals surface area contributed by atoms with Gasteiger partial charge in [-0.2, -0.15) is 5.21 Å². The molecule has 0 aliphatic carbocycles. The molecular weight excluding hydrogens is 480 g/mol. The van der Waals surface area contributed by atoms with E-state index in [1.54, 1.807) is 41.3 Å². The second kappa shape index (κ2) is 9.99. The van der Waals surface area contributed by atoms with Crippen molar-refractivity contribution < 1.29 is 14.7 Å². The van der Waals surface area contributed by atoms with E-state index in [9.17, 15) is 14.7 Å². The Morgan fingerprint density at radius 2 is 1.89 bits per heavy atom. The molecule has 1 aromatic heterocycles. The number of aromatic nitrogens is 4. The quantitative estimate of drug-likeness (QED) is 0.466. The summed E-state index contributed by atoms with van der Waals surface area (Å²) in [5, 5.41) is 29.0. The van der Waals surface area contributed by atoms with Crippen LogP contribution in [-0.4, -0.2) is 61.6 Å². The number of carbonyl (C=O) groups is 2. The fourth-order valence-electron chi connectivity index (χ4n) is 4.77. The Labute approximate surface area is 215 Å². The van der Waals surface area contributed by atoms with Gasteiger partial charge in [-0.1, -0.05) is 56.6 Å². The van der Waals surface area contributed by atoms with E-state index in [2.05, 4.69) is 25.9 Å². The van der Waals surface area contributed by atoms with Crippen molar-refractivity contribution in [2.24, 2.45) is 11.3 Å². The second-order valence-electron chi connectivity index (χ2n) is 10.1. The van der Waals surface area contributed by atoms with E-state index in [-0.39, 0.29) is 11.8 Å². The maximum absolute atomic E-state index is 13.4. The summed E-state index contributed by atoms with van der Waals surface area (Å²) in [5.41, 5.74) is 0.228. The van der Waals surface area contributed by atoms with Crippen molar-refractivity contribution in [1.82, 2.24) is 30.8 Å². The summed E-state index contributed by atoms with van der Waals surface area (Å²) in [7, 11) is 0. The van der Waals surface area contributed by atoms with Crippen LogP contribution in [0.5, 0.6) is 0 Å². The number of amides is 2. The Balaban J connectivity index is 1.41. The van der Waals surface area contributed by atoms with E-state index in [0.29, 0.717) is 41.5 Å². The molecular formula is C26H31ClN6O3. The SMILES string of the molecule is CC(NC(=O)c1cccc(-c2nn[nH]n2)c1)[C@@H](C)C(=O)N1CC[C@](O)(c2ccc(Cl)cc2)C(C)(C)C1. The van der Waals surface area contributed by atoms with Crippen LogP contribution in [0.25, 0.3) is 11.4 Å². The number of halogens is 1. The summed E-state index contributed by atoms with van der Waals surface area (Å²) in [6, 6.07) is 13.7. The van der Waals surface area contributed by atoms with Gasteiger partial charge in [-0.3, -0.25) is 9.59 Å². The lowest BCUT2D eigenvalue weighted by molar-refractivity contribution is -0.156. The standard InChI is InChI=1S/C26H31ClN6O3/c1-16(17(2)28-23(34)19-7-5-6-18(14-19)22-29-31-32-30-22)24(35)33-13-12-26(36,25(3,4)15-33)20-8-10-21(27)11-9-20/h5-11,14,16-17,36H,12-13,15H2,1-4H3,(H,28,34)(H,29,30,31,32)/t16-,17?,26+/m1/s1. The fourth-order valence-corrected chi connectivity index (χ4v) is 4.90. The van der Waals surface area contributed by atoms with E-state index in [1.807, 2.05) is 39.8 Å². The predicted octanol–water partition coefficient (Wildman–Crippen LogP) is 3.42. The van der Waals surface area contributed by atoms with E-state index < -0.39 is 23.0 Å². The Bertz CT molecular complexity index is 1230. The first-order valence-electron chi connectivity index (χ1n) is 11.9. The van der Waals surface area contributed by atoms with E-state index in [4.69, 9.17) is 11.6 Å². The molecule has 3 aromatic rings. The summed E-state index contributed by atoms with van der Waals surface area (Å²) in [6.07, 6.45) is 0.406.